The van der Waals surface area contributed by atoms with Gasteiger partial charge in [0.25, 0.3) is 0 Å². The maximum Gasteiger partial charge on any atom is 0.246 e. The molecule has 0 aliphatic carbocycles. The fraction of sp³-hybridized carbons (Fsp3) is 0.167. The molecule has 0 saturated carbocycles. The average molecular weight is 515 g/mol. The van der Waals surface area contributed by atoms with Crippen LogP contribution in [-0.4, -0.2) is 31.5 Å². The van der Waals surface area contributed by atoms with Gasteiger partial charge in [0.1, 0.15) is 17.5 Å². The summed E-state index contributed by atoms with van der Waals surface area (Å²) in [4.78, 5) is 15.5. The van der Waals surface area contributed by atoms with E-state index in [0.717, 1.165) is 17.4 Å². The third-order valence-corrected chi connectivity index (χ3v) is 7.12. The highest BCUT2D eigenvalue weighted by Crippen LogP contribution is 2.28. The largest absolute Gasteiger partial charge is 0.457 e. The predicted molar refractivity (Wildman–Crippen MR) is 147 cm³/mol. The second-order valence-corrected chi connectivity index (χ2v) is 10.7. The Hall–Kier alpha value is -4.10. The van der Waals surface area contributed by atoms with Crippen molar-refractivity contribution in [1.82, 2.24) is 4.90 Å². The van der Waals surface area contributed by atoms with E-state index in [0.29, 0.717) is 30.3 Å². The molecule has 0 saturated heterocycles. The van der Waals surface area contributed by atoms with E-state index in [1.54, 1.807) is 36.1 Å². The molecule has 0 N–H and O–H groups in total. The van der Waals surface area contributed by atoms with Gasteiger partial charge in [-0.25, -0.2) is 8.42 Å². The highest BCUT2D eigenvalue weighted by molar-refractivity contribution is 7.92. The lowest BCUT2D eigenvalue weighted by molar-refractivity contribution is -0.133. The minimum Gasteiger partial charge on any atom is -0.457 e. The van der Waals surface area contributed by atoms with Gasteiger partial charge in [-0.1, -0.05) is 78.9 Å². The van der Waals surface area contributed by atoms with Gasteiger partial charge in [-0.05, 0) is 54.4 Å². The Labute approximate surface area is 218 Å². The summed E-state index contributed by atoms with van der Waals surface area (Å²) in [5, 5.41) is 0. The summed E-state index contributed by atoms with van der Waals surface area (Å²) in [5.41, 5.74) is 2.32. The fourth-order valence-electron chi connectivity index (χ4n) is 4.17. The summed E-state index contributed by atoms with van der Waals surface area (Å²) in [6, 6.07) is 34.4. The van der Waals surface area contributed by atoms with E-state index in [1.165, 1.54) is 4.31 Å². The summed E-state index contributed by atoms with van der Waals surface area (Å²) in [5.74, 6) is 0.955. The van der Waals surface area contributed by atoms with Crippen LogP contribution in [-0.2, 0) is 27.9 Å². The van der Waals surface area contributed by atoms with Gasteiger partial charge < -0.3 is 9.64 Å². The summed E-state index contributed by atoms with van der Waals surface area (Å²) < 4.78 is 32.8. The molecule has 7 heteroatoms. The molecule has 0 aliphatic heterocycles. The van der Waals surface area contributed by atoms with Crippen LogP contribution < -0.4 is 9.04 Å². The number of benzene rings is 4. The first-order chi connectivity index (χ1) is 17.8. The molecule has 0 spiro atoms. The van der Waals surface area contributed by atoms with Gasteiger partial charge in [0, 0.05) is 13.1 Å². The maximum atomic E-state index is 13.8. The van der Waals surface area contributed by atoms with Crippen LogP contribution in [0.2, 0.25) is 0 Å². The fourth-order valence-corrected chi connectivity index (χ4v) is 5.34. The zero-order valence-corrected chi connectivity index (χ0v) is 21.7. The van der Waals surface area contributed by atoms with E-state index in [-0.39, 0.29) is 5.91 Å². The number of ether oxygens (including phenoxy) is 1. The number of carbonyl (C=O) groups is 1. The highest BCUT2D eigenvalue weighted by atomic mass is 32.2. The van der Waals surface area contributed by atoms with Crippen LogP contribution in [0.25, 0.3) is 0 Å². The second-order valence-electron chi connectivity index (χ2n) is 8.81. The topological polar surface area (TPSA) is 66.9 Å². The molecule has 4 aromatic rings. The maximum absolute atomic E-state index is 13.8. The lowest BCUT2D eigenvalue weighted by atomic mass is 10.1. The molecular weight excluding hydrogens is 484 g/mol. The quantitative estimate of drug-likeness (QED) is 0.266. The van der Waals surface area contributed by atoms with Gasteiger partial charge in [0.15, 0.2) is 0 Å². The van der Waals surface area contributed by atoms with Gasteiger partial charge >= 0.3 is 0 Å². The molecule has 0 heterocycles. The van der Waals surface area contributed by atoms with Gasteiger partial charge in [0.05, 0.1) is 11.9 Å². The molecule has 0 aromatic heterocycles. The molecule has 4 rings (SSSR count). The molecule has 6 nitrogen and oxygen atoms in total. The molecular formula is C30H30N2O4S. The van der Waals surface area contributed by atoms with Gasteiger partial charge in [-0.3, -0.25) is 9.10 Å². The Kier molecular flexibility index (Phi) is 8.25. The molecule has 37 heavy (non-hydrogen) atoms. The van der Waals surface area contributed by atoms with Crippen molar-refractivity contribution >= 4 is 21.6 Å². The lowest BCUT2D eigenvalue weighted by Crippen LogP contribution is -2.49. The van der Waals surface area contributed by atoms with Crippen LogP contribution in [0.15, 0.2) is 115 Å². The van der Waals surface area contributed by atoms with E-state index >= 15 is 0 Å². The molecule has 0 radical (unpaired) electrons. The lowest BCUT2D eigenvalue weighted by Gasteiger charge is -2.33. The van der Waals surface area contributed by atoms with E-state index in [4.69, 9.17) is 4.74 Å². The van der Waals surface area contributed by atoms with Crippen molar-refractivity contribution in [3.05, 3.63) is 126 Å². The van der Waals surface area contributed by atoms with Crippen molar-refractivity contribution < 1.29 is 17.9 Å². The zero-order chi connectivity index (χ0) is 26.3. The number of para-hydroxylation sites is 1. The zero-order valence-electron chi connectivity index (χ0n) is 20.9. The third kappa shape index (κ3) is 6.98. The number of anilines is 1. The molecule has 0 bridgehead atoms. The third-order valence-electron chi connectivity index (χ3n) is 5.88. The standard InChI is InChI=1S/C30H30N2O4S/c1-24(30(33)31(22-25-12-6-3-7-13-25)23-26-14-8-4-9-15-26)32(37(2,34)35)27-18-20-29(21-19-27)36-28-16-10-5-11-17-28/h3-21,24H,22-23H2,1-2H3/t24-/m0/s1. The number of amides is 1. The van der Waals surface area contributed by atoms with Crippen molar-refractivity contribution in [3.63, 3.8) is 0 Å². The Morgan fingerprint density at radius 3 is 1.59 bits per heavy atom. The Morgan fingerprint density at radius 2 is 1.14 bits per heavy atom. The van der Waals surface area contributed by atoms with Crippen LogP contribution in [0.5, 0.6) is 11.5 Å². The van der Waals surface area contributed by atoms with Crippen molar-refractivity contribution in [2.75, 3.05) is 10.6 Å². The number of hydrogen-bond acceptors (Lipinski definition) is 4. The van der Waals surface area contributed by atoms with Crippen LogP contribution in [0.4, 0.5) is 5.69 Å². The van der Waals surface area contributed by atoms with Crippen molar-refractivity contribution in [3.8, 4) is 11.5 Å². The molecule has 0 unspecified atom stereocenters. The monoisotopic (exact) mass is 514 g/mol. The number of sulfonamides is 1. The Bertz CT molecular complexity index is 1350. The average Bonchev–Trinajstić information content (AvgIpc) is 2.90. The Balaban J connectivity index is 1.60. The molecule has 4 aromatic carbocycles. The van der Waals surface area contributed by atoms with E-state index < -0.39 is 16.1 Å². The SMILES string of the molecule is C[C@@H](C(=O)N(Cc1ccccc1)Cc1ccccc1)N(c1ccc(Oc2ccccc2)cc1)S(C)(=O)=O. The molecule has 1 atom stereocenters. The summed E-state index contributed by atoms with van der Waals surface area (Å²) in [6.45, 7) is 2.35. The Morgan fingerprint density at radius 1 is 0.703 bits per heavy atom. The van der Waals surface area contributed by atoms with Crippen LogP contribution >= 0.6 is 0 Å². The number of hydrogen-bond donors (Lipinski definition) is 0. The van der Waals surface area contributed by atoms with Crippen LogP contribution in [0.3, 0.4) is 0 Å². The summed E-state index contributed by atoms with van der Waals surface area (Å²) in [7, 11) is -3.77. The normalized spacial score (nSPS) is 11.9. The number of nitrogens with zero attached hydrogens (tertiary/aromatic N) is 2. The van der Waals surface area contributed by atoms with Gasteiger partial charge in [0.2, 0.25) is 15.9 Å². The first kappa shape index (κ1) is 26.0. The number of rotatable bonds is 10. The molecule has 0 aliphatic rings. The van der Waals surface area contributed by atoms with E-state index in [2.05, 4.69) is 0 Å². The minimum atomic E-state index is -3.77. The van der Waals surface area contributed by atoms with Crippen molar-refractivity contribution in [2.45, 2.75) is 26.1 Å². The second kappa shape index (κ2) is 11.8. The molecule has 1 amide bonds. The van der Waals surface area contributed by atoms with Crippen LogP contribution in [0.1, 0.15) is 18.1 Å². The van der Waals surface area contributed by atoms with Crippen molar-refractivity contribution in [2.24, 2.45) is 0 Å². The van der Waals surface area contributed by atoms with E-state index in [1.807, 2.05) is 91.0 Å². The first-order valence-corrected chi connectivity index (χ1v) is 13.8. The summed E-state index contributed by atoms with van der Waals surface area (Å²) >= 11 is 0. The smallest absolute Gasteiger partial charge is 0.246 e. The predicted octanol–water partition coefficient (Wildman–Crippen LogP) is 5.86. The highest BCUT2D eigenvalue weighted by Gasteiger charge is 2.32. The van der Waals surface area contributed by atoms with Crippen molar-refractivity contribution in [1.29, 1.82) is 0 Å². The molecule has 0 fully saturated rings. The minimum absolute atomic E-state index is 0.289. The van der Waals surface area contributed by atoms with Crippen LogP contribution in [0, 0.1) is 0 Å². The van der Waals surface area contributed by atoms with E-state index in [9.17, 15) is 13.2 Å². The van der Waals surface area contributed by atoms with Gasteiger partial charge in [-0.15, -0.1) is 0 Å². The first-order valence-electron chi connectivity index (χ1n) is 12.0. The summed E-state index contributed by atoms with van der Waals surface area (Å²) in [6.07, 6.45) is 1.11. The van der Waals surface area contributed by atoms with Gasteiger partial charge in [-0.2, -0.15) is 0 Å². The molecule has 190 valence electrons. The number of carbonyl (C=O) groups excluding carboxylic acids is 1.